The van der Waals surface area contributed by atoms with E-state index in [1.807, 2.05) is 0 Å². The van der Waals surface area contributed by atoms with Crippen LogP contribution in [0.4, 0.5) is 4.39 Å². The Morgan fingerprint density at radius 2 is 2.12 bits per heavy atom. The number of aliphatic hydroxyl groups is 1. The van der Waals surface area contributed by atoms with Gasteiger partial charge in [-0.15, -0.1) is 0 Å². The van der Waals surface area contributed by atoms with E-state index in [1.54, 1.807) is 17.0 Å². The number of likely N-dealkylation sites (tertiary alicyclic amines) is 1. The van der Waals surface area contributed by atoms with Gasteiger partial charge in [0.05, 0.1) is 19.1 Å². The van der Waals surface area contributed by atoms with Gasteiger partial charge in [-0.25, -0.2) is 4.39 Å². The van der Waals surface area contributed by atoms with E-state index in [0.717, 1.165) is 18.4 Å². The number of hydrogen-bond acceptors (Lipinski definition) is 2. The topological polar surface area (TPSA) is 40.5 Å². The molecule has 4 heteroatoms. The van der Waals surface area contributed by atoms with E-state index in [-0.39, 0.29) is 30.8 Å². The van der Waals surface area contributed by atoms with Gasteiger partial charge in [0.2, 0.25) is 5.91 Å². The van der Waals surface area contributed by atoms with Crippen molar-refractivity contribution in [3.05, 3.63) is 35.6 Å². The van der Waals surface area contributed by atoms with E-state index >= 15 is 0 Å². The highest BCUT2D eigenvalue weighted by molar-refractivity contribution is 5.79. The third-order valence-electron chi connectivity index (χ3n) is 3.18. The Balaban J connectivity index is 1.99. The maximum absolute atomic E-state index is 12.7. The summed E-state index contributed by atoms with van der Waals surface area (Å²) in [6.07, 6.45) is 2.09. The number of amides is 1. The largest absolute Gasteiger partial charge is 0.394 e. The average molecular weight is 237 g/mol. The van der Waals surface area contributed by atoms with Gasteiger partial charge in [-0.3, -0.25) is 4.79 Å². The molecule has 1 saturated heterocycles. The molecule has 1 N–H and O–H groups in total. The standard InChI is InChI=1S/C13H16FNO2/c14-11-5-3-10(4-6-11)8-13(17)15-7-1-2-12(15)9-16/h3-6,12,16H,1-2,7-9H2. The van der Waals surface area contributed by atoms with E-state index in [0.29, 0.717) is 6.54 Å². The fourth-order valence-corrected chi connectivity index (χ4v) is 2.23. The van der Waals surface area contributed by atoms with Gasteiger partial charge in [-0.1, -0.05) is 12.1 Å². The van der Waals surface area contributed by atoms with Gasteiger partial charge in [-0.2, -0.15) is 0 Å². The third-order valence-corrected chi connectivity index (χ3v) is 3.18. The van der Waals surface area contributed by atoms with Crippen LogP contribution in [0.15, 0.2) is 24.3 Å². The molecule has 0 spiro atoms. The maximum atomic E-state index is 12.7. The normalized spacial score (nSPS) is 19.6. The summed E-state index contributed by atoms with van der Waals surface area (Å²) in [5.74, 6) is -0.288. The summed E-state index contributed by atoms with van der Waals surface area (Å²) in [5, 5.41) is 9.14. The van der Waals surface area contributed by atoms with Crippen molar-refractivity contribution in [2.24, 2.45) is 0 Å². The smallest absolute Gasteiger partial charge is 0.227 e. The molecule has 2 rings (SSSR count). The van der Waals surface area contributed by atoms with Gasteiger partial charge in [0, 0.05) is 6.54 Å². The fourth-order valence-electron chi connectivity index (χ4n) is 2.23. The van der Waals surface area contributed by atoms with Crippen molar-refractivity contribution in [2.45, 2.75) is 25.3 Å². The molecule has 1 heterocycles. The van der Waals surface area contributed by atoms with Crippen molar-refractivity contribution in [3.8, 4) is 0 Å². The second kappa shape index (κ2) is 5.27. The van der Waals surface area contributed by atoms with Gasteiger partial charge in [0.15, 0.2) is 0 Å². The summed E-state index contributed by atoms with van der Waals surface area (Å²) in [7, 11) is 0. The number of carbonyl (C=O) groups excluding carboxylic acids is 1. The molecule has 17 heavy (non-hydrogen) atoms. The first-order chi connectivity index (χ1) is 8.20. The summed E-state index contributed by atoms with van der Waals surface area (Å²) >= 11 is 0. The SMILES string of the molecule is O=C(Cc1ccc(F)cc1)N1CCCC1CO. The monoisotopic (exact) mass is 237 g/mol. The lowest BCUT2D eigenvalue weighted by molar-refractivity contribution is -0.131. The highest BCUT2D eigenvalue weighted by atomic mass is 19.1. The first-order valence-corrected chi connectivity index (χ1v) is 5.85. The van der Waals surface area contributed by atoms with Crippen LogP contribution < -0.4 is 0 Å². The number of nitrogens with zero attached hydrogens (tertiary/aromatic N) is 1. The van der Waals surface area contributed by atoms with E-state index in [4.69, 9.17) is 5.11 Å². The molecule has 1 aromatic rings. The van der Waals surface area contributed by atoms with Crippen LogP contribution in [0.3, 0.4) is 0 Å². The maximum Gasteiger partial charge on any atom is 0.227 e. The molecule has 3 nitrogen and oxygen atoms in total. The number of aliphatic hydroxyl groups excluding tert-OH is 1. The summed E-state index contributed by atoms with van der Waals surface area (Å²) in [5.41, 5.74) is 0.806. The molecule has 1 unspecified atom stereocenters. The van der Waals surface area contributed by atoms with Crippen molar-refractivity contribution in [1.82, 2.24) is 4.90 Å². The highest BCUT2D eigenvalue weighted by Crippen LogP contribution is 2.18. The van der Waals surface area contributed by atoms with Gasteiger partial charge >= 0.3 is 0 Å². The van der Waals surface area contributed by atoms with Crippen LogP contribution in [-0.2, 0) is 11.2 Å². The molecule has 1 aromatic carbocycles. The Labute approximate surface area is 99.9 Å². The molecule has 92 valence electrons. The zero-order chi connectivity index (χ0) is 12.3. The summed E-state index contributed by atoms with van der Waals surface area (Å²) in [4.78, 5) is 13.7. The molecule has 1 fully saturated rings. The van der Waals surface area contributed by atoms with Crippen LogP contribution in [0.25, 0.3) is 0 Å². The van der Waals surface area contributed by atoms with Gasteiger partial charge in [0.1, 0.15) is 5.82 Å². The van der Waals surface area contributed by atoms with Crippen LogP contribution >= 0.6 is 0 Å². The number of rotatable bonds is 3. The molecule has 0 saturated carbocycles. The predicted molar refractivity (Wildman–Crippen MR) is 61.9 cm³/mol. The lowest BCUT2D eigenvalue weighted by Crippen LogP contribution is -2.38. The Bertz CT molecular complexity index is 391. The van der Waals surface area contributed by atoms with Gasteiger partial charge in [-0.05, 0) is 30.5 Å². The number of halogens is 1. The third kappa shape index (κ3) is 2.82. The van der Waals surface area contributed by atoms with Crippen LogP contribution in [0, 0.1) is 5.82 Å². The highest BCUT2D eigenvalue weighted by Gasteiger charge is 2.27. The minimum absolute atomic E-state index is 0.00755. The van der Waals surface area contributed by atoms with Crippen LogP contribution in [0.2, 0.25) is 0 Å². The first-order valence-electron chi connectivity index (χ1n) is 5.85. The van der Waals surface area contributed by atoms with E-state index < -0.39 is 0 Å². The molecule has 1 amide bonds. The predicted octanol–water partition coefficient (Wildman–Crippen LogP) is 1.35. The van der Waals surface area contributed by atoms with Crippen LogP contribution in [0.5, 0.6) is 0 Å². The van der Waals surface area contributed by atoms with E-state index in [9.17, 15) is 9.18 Å². The minimum Gasteiger partial charge on any atom is -0.394 e. The van der Waals surface area contributed by atoms with Crippen molar-refractivity contribution >= 4 is 5.91 Å². The molecule has 0 aromatic heterocycles. The second-order valence-corrected chi connectivity index (χ2v) is 4.37. The molecule has 1 aliphatic rings. The van der Waals surface area contributed by atoms with E-state index in [1.165, 1.54) is 12.1 Å². The summed E-state index contributed by atoms with van der Waals surface area (Å²) < 4.78 is 12.7. The van der Waals surface area contributed by atoms with Crippen LogP contribution in [-0.4, -0.2) is 35.1 Å². The van der Waals surface area contributed by atoms with Crippen LogP contribution in [0.1, 0.15) is 18.4 Å². The Morgan fingerprint density at radius 3 is 2.76 bits per heavy atom. The molecule has 0 aliphatic carbocycles. The quantitative estimate of drug-likeness (QED) is 0.862. The lowest BCUT2D eigenvalue weighted by atomic mass is 10.1. The van der Waals surface area contributed by atoms with Crippen molar-refractivity contribution in [1.29, 1.82) is 0 Å². The summed E-state index contributed by atoms with van der Waals surface area (Å²) in [6.45, 7) is 0.737. The fraction of sp³-hybridized carbons (Fsp3) is 0.462. The number of benzene rings is 1. The molecule has 0 bridgehead atoms. The molecule has 0 radical (unpaired) electrons. The molecule has 1 aliphatic heterocycles. The molecular formula is C13H16FNO2. The minimum atomic E-state index is -0.296. The lowest BCUT2D eigenvalue weighted by Gasteiger charge is -2.23. The van der Waals surface area contributed by atoms with Gasteiger partial charge < -0.3 is 10.0 Å². The van der Waals surface area contributed by atoms with E-state index in [2.05, 4.69) is 0 Å². The Morgan fingerprint density at radius 1 is 1.41 bits per heavy atom. The number of hydrogen-bond donors (Lipinski definition) is 1. The zero-order valence-electron chi connectivity index (χ0n) is 9.60. The second-order valence-electron chi connectivity index (χ2n) is 4.37. The number of carbonyl (C=O) groups is 1. The Hall–Kier alpha value is -1.42. The molecule has 1 atom stereocenters. The average Bonchev–Trinajstić information content (AvgIpc) is 2.80. The van der Waals surface area contributed by atoms with Crippen molar-refractivity contribution in [2.75, 3.05) is 13.2 Å². The molecular weight excluding hydrogens is 221 g/mol. The van der Waals surface area contributed by atoms with Gasteiger partial charge in [0.25, 0.3) is 0 Å². The van der Waals surface area contributed by atoms with Crippen molar-refractivity contribution in [3.63, 3.8) is 0 Å². The Kier molecular flexibility index (Phi) is 3.74. The summed E-state index contributed by atoms with van der Waals surface area (Å²) in [6, 6.07) is 5.92. The zero-order valence-corrected chi connectivity index (χ0v) is 9.60. The first kappa shape index (κ1) is 12.0. The van der Waals surface area contributed by atoms with Crippen molar-refractivity contribution < 1.29 is 14.3 Å².